The maximum absolute atomic E-state index is 12.6. The minimum atomic E-state index is -4.54. The van der Waals surface area contributed by atoms with Crippen molar-refractivity contribution in [1.29, 1.82) is 0 Å². The number of carbonyl (C=O) groups excluding carboxylic acids is 1. The van der Waals surface area contributed by atoms with Crippen LogP contribution in [0, 0.1) is 0 Å². The minimum absolute atomic E-state index is 0.00659. The number of fused-ring (bicyclic) bond motifs is 2. The number of halogens is 3. The first-order valence-corrected chi connectivity index (χ1v) is 10.9. The average molecular weight is 474 g/mol. The standard InChI is InChI=1S/C20H17F3N8OS/c21-20(22,23)8-25-18(32)12-5-31-16(17(24)26-9-27-31)15(12)10-1-3-11(4-2-10)28-19-29-13-6-33-7-14(13)30-19/h1-5,9H,6-8H2,(H,25,32)(H2,24,26,27)(H2,28,29,30). The summed E-state index contributed by atoms with van der Waals surface area (Å²) in [6.45, 7) is -1.45. The molecule has 0 fully saturated rings. The number of aromatic nitrogens is 5. The van der Waals surface area contributed by atoms with Crippen LogP contribution in [0.25, 0.3) is 16.6 Å². The normalized spacial score (nSPS) is 13.3. The second-order valence-electron chi connectivity index (χ2n) is 7.36. The van der Waals surface area contributed by atoms with E-state index in [4.69, 9.17) is 5.73 Å². The Morgan fingerprint density at radius 2 is 2.03 bits per heavy atom. The van der Waals surface area contributed by atoms with Gasteiger partial charge in [-0.1, -0.05) is 12.1 Å². The molecule has 0 radical (unpaired) electrons. The summed E-state index contributed by atoms with van der Waals surface area (Å²) in [5.74, 6) is 1.61. The van der Waals surface area contributed by atoms with Crippen LogP contribution in [-0.2, 0) is 11.5 Å². The van der Waals surface area contributed by atoms with Crippen LogP contribution in [0.15, 0.2) is 36.8 Å². The van der Waals surface area contributed by atoms with Crippen molar-refractivity contribution in [2.45, 2.75) is 17.7 Å². The lowest BCUT2D eigenvalue weighted by Gasteiger charge is -2.10. The molecule has 33 heavy (non-hydrogen) atoms. The summed E-state index contributed by atoms with van der Waals surface area (Å²) < 4.78 is 39.2. The molecule has 13 heteroatoms. The van der Waals surface area contributed by atoms with E-state index >= 15 is 0 Å². The van der Waals surface area contributed by atoms with Crippen molar-refractivity contribution in [2.75, 3.05) is 17.6 Å². The maximum Gasteiger partial charge on any atom is 0.405 e. The highest BCUT2D eigenvalue weighted by Crippen LogP contribution is 2.34. The monoisotopic (exact) mass is 474 g/mol. The number of imidazole rings is 1. The third-order valence-electron chi connectivity index (χ3n) is 5.08. The molecule has 9 nitrogen and oxygen atoms in total. The van der Waals surface area contributed by atoms with Crippen molar-refractivity contribution in [2.24, 2.45) is 0 Å². The number of alkyl halides is 3. The summed E-state index contributed by atoms with van der Waals surface area (Å²) in [7, 11) is 0. The van der Waals surface area contributed by atoms with Crippen LogP contribution in [0.3, 0.4) is 0 Å². The molecule has 4 aromatic rings. The number of carbonyl (C=O) groups is 1. The van der Waals surface area contributed by atoms with Crippen molar-refractivity contribution in [1.82, 2.24) is 29.9 Å². The quantitative estimate of drug-likeness (QED) is 0.349. The Kier molecular flexibility index (Phi) is 5.12. The summed E-state index contributed by atoms with van der Waals surface area (Å²) in [5.41, 5.74) is 10.1. The molecule has 0 saturated heterocycles. The zero-order valence-electron chi connectivity index (χ0n) is 16.9. The summed E-state index contributed by atoms with van der Waals surface area (Å²) >= 11 is 1.80. The van der Waals surface area contributed by atoms with Gasteiger partial charge >= 0.3 is 6.18 Å². The number of amides is 1. The number of H-pyrrole nitrogens is 1. The number of anilines is 3. The van der Waals surface area contributed by atoms with E-state index in [9.17, 15) is 18.0 Å². The van der Waals surface area contributed by atoms with Gasteiger partial charge in [0.2, 0.25) is 5.95 Å². The zero-order valence-corrected chi connectivity index (χ0v) is 17.7. The van der Waals surface area contributed by atoms with Crippen LogP contribution in [0.4, 0.5) is 30.6 Å². The van der Waals surface area contributed by atoms with Crippen molar-refractivity contribution in [3.05, 3.63) is 53.7 Å². The Morgan fingerprint density at radius 3 is 2.76 bits per heavy atom. The fourth-order valence-electron chi connectivity index (χ4n) is 3.63. The summed E-state index contributed by atoms with van der Waals surface area (Å²) in [4.78, 5) is 24.3. The first kappa shape index (κ1) is 21.1. The molecule has 1 aromatic carbocycles. The fraction of sp³-hybridized carbons (Fsp3) is 0.200. The summed E-state index contributed by atoms with van der Waals surface area (Å²) in [5, 5.41) is 9.13. The number of nitrogens with one attached hydrogen (secondary N) is 3. The molecule has 0 aliphatic carbocycles. The second kappa shape index (κ2) is 7.99. The average Bonchev–Trinajstić information content (AvgIpc) is 3.46. The van der Waals surface area contributed by atoms with E-state index in [1.54, 1.807) is 36.0 Å². The minimum Gasteiger partial charge on any atom is -0.382 e. The van der Waals surface area contributed by atoms with Crippen LogP contribution in [0.1, 0.15) is 21.7 Å². The third-order valence-corrected chi connectivity index (χ3v) is 6.05. The van der Waals surface area contributed by atoms with E-state index in [0.29, 0.717) is 22.6 Å². The molecule has 5 rings (SSSR count). The molecule has 1 aliphatic rings. The van der Waals surface area contributed by atoms with Gasteiger partial charge in [-0.2, -0.15) is 18.3 Å². The number of aromatic amines is 1. The second-order valence-corrected chi connectivity index (χ2v) is 8.35. The summed E-state index contributed by atoms with van der Waals surface area (Å²) in [6, 6.07) is 7.02. The smallest absolute Gasteiger partial charge is 0.382 e. The van der Waals surface area contributed by atoms with Crippen LogP contribution < -0.4 is 16.4 Å². The molecular formula is C20H17F3N8OS. The van der Waals surface area contributed by atoms with Crippen molar-refractivity contribution >= 4 is 40.6 Å². The molecule has 1 amide bonds. The van der Waals surface area contributed by atoms with Crippen LogP contribution in [0.5, 0.6) is 0 Å². The molecule has 3 aromatic heterocycles. The number of hydrogen-bond donors (Lipinski definition) is 4. The molecule has 0 saturated carbocycles. The number of hydrogen-bond acceptors (Lipinski definition) is 7. The molecule has 0 atom stereocenters. The molecular weight excluding hydrogens is 457 g/mol. The SMILES string of the molecule is Nc1ncnn2cc(C(=O)NCC(F)(F)F)c(-c3ccc(Nc4nc5c([nH]4)CSC5)cc3)c12. The summed E-state index contributed by atoms with van der Waals surface area (Å²) in [6.07, 6.45) is -2.00. The van der Waals surface area contributed by atoms with E-state index < -0.39 is 18.6 Å². The highest BCUT2D eigenvalue weighted by atomic mass is 32.2. The van der Waals surface area contributed by atoms with E-state index in [1.807, 2.05) is 5.32 Å². The first-order valence-electron chi connectivity index (χ1n) is 9.78. The van der Waals surface area contributed by atoms with E-state index in [0.717, 1.165) is 28.6 Å². The number of benzene rings is 1. The van der Waals surface area contributed by atoms with Gasteiger partial charge in [-0.15, -0.1) is 11.8 Å². The number of nitrogens with zero attached hydrogens (tertiary/aromatic N) is 4. The van der Waals surface area contributed by atoms with Gasteiger partial charge < -0.3 is 21.4 Å². The fourth-order valence-corrected chi connectivity index (χ4v) is 4.60. The van der Waals surface area contributed by atoms with Gasteiger partial charge in [0.15, 0.2) is 5.82 Å². The Bertz CT molecular complexity index is 1320. The lowest BCUT2D eigenvalue weighted by Crippen LogP contribution is -2.33. The van der Waals surface area contributed by atoms with E-state index in [1.165, 1.54) is 17.0 Å². The lowest BCUT2D eigenvalue weighted by atomic mass is 10.0. The molecule has 4 heterocycles. The number of thioether (sulfide) groups is 1. The van der Waals surface area contributed by atoms with Gasteiger partial charge in [-0.25, -0.2) is 14.5 Å². The predicted octanol–water partition coefficient (Wildman–Crippen LogP) is 3.48. The number of nitrogen functional groups attached to an aromatic ring is 1. The molecule has 0 bridgehead atoms. The highest BCUT2D eigenvalue weighted by Gasteiger charge is 2.29. The molecule has 0 unspecified atom stereocenters. The van der Waals surface area contributed by atoms with Crippen LogP contribution in [0.2, 0.25) is 0 Å². The zero-order chi connectivity index (χ0) is 23.2. The van der Waals surface area contributed by atoms with E-state index in [2.05, 4.69) is 25.4 Å². The van der Waals surface area contributed by atoms with Gasteiger partial charge in [0, 0.05) is 29.0 Å². The largest absolute Gasteiger partial charge is 0.405 e. The van der Waals surface area contributed by atoms with Gasteiger partial charge in [-0.05, 0) is 17.7 Å². The van der Waals surface area contributed by atoms with Crippen molar-refractivity contribution in [3.63, 3.8) is 0 Å². The van der Waals surface area contributed by atoms with E-state index in [-0.39, 0.29) is 11.4 Å². The highest BCUT2D eigenvalue weighted by molar-refractivity contribution is 7.98. The molecule has 0 spiro atoms. The molecule has 170 valence electrons. The van der Waals surface area contributed by atoms with Gasteiger partial charge in [0.05, 0.1) is 17.0 Å². The molecule has 5 N–H and O–H groups in total. The van der Waals surface area contributed by atoms with Crippen LogP contribution >= 0.6 is 11.8 Å². The first-order chi connectivity index (χ1) is 15.8. The number of rotatable bonds is 5. The van der Waals surface area contributed by atoms with Crippen molar-refractivity contribution in [3.8, 4) is 11.1 Å². The maximum atomic E-state index is 12.6. The Morgan fingerprint density at radius 1 is 1.24 bits per heavy atom. The topological polar surface area (TPSA) is 126 Å². The van der Waals surface area contributed by atoms with Gasteiger partial charge in [-0.3, -0.25) is 4.79 Å². The molecule has 1 aliphatic heterocycles. The van der Waals surface area contributed by atoms with Gasteiger partial charge in [0.25, 0.3) is 5.91 Å². The predicted molar refractivity (Wildman–Crippen MR) is 118 cm³/mol. The Balaban J connectivity index is 1.48. The number of nitrogens with two attached hydrogens (primary N) is 1. The van der Waals surface area contributed by atoms with Crippen LogP contribution in [-0.4, -0.2) is 43.2 Å². The lowest BCUT2D eigenvalue weighted by molar-refractivity contribution is -0.123. The third kappa shape index (κ3) is 4.18. The Labute approximate surface area is 189 Å². The van der Waals surface area contributed by atoms with Crippen molar-refractivity contribution < 1.29 is 18.0 Å². The van der Waals surface area contributed by atoms with Gasteiger partial charge in [0.1, 0.15) is 18.4 Å². The Hall–Kier alpha value is -3.74.